The molecule has 2 aromatic carbocycles. The maximum atomic E-state index is 11.8. The summed E-state index contributed by atoms with van der Waals surface area (Å²) in [5.41, 5.74) is 3.59. The molecule has 118 valence electrons. The van der Waals surface area contributed by atoms with Crippen LogP contribution in [0.4, 0.5) is 0 Å². The zero-order valence-electron chi connectivity index (χ0n) is 12.7. The molecule has 0 fully saturated rings. The summed E-state index contributed by atoms with van der Waals surface area (Å²) in [6.07, 6.45) is 1.48. The summed E-state index contributed by atoms with van der Waals surface area (Å²) in [5, 5.41) is 6.37. The van der Waals surface area contributed by atoms with Gasteiger partial charge in [-0.1, -0.05) is 30.3 Å². The number of nitrogens with zero attached hydrogens (tertiary/aromatic N) is 1. The van der Waals surface area contributed by atoms with Crippen molar-refractivity contribution >= 4 is 18.0 Å². The number of carbonyl (C=O) groups is 2. The Labute approximate surface area is 134 Å². The lowest BCUT2D eigenvalue weighted by Gasteiger charge is -2.05. The van der Waals surface area contributed by atoms with Crippen molar-refractivity contribution in [3.63, 3.8) is 0 Å². The lowest BCUT2D eigenvalue weighted by atomic mass is 10.2. The second kappa shape index (κ2) is 8.33. The topological polar surface area (TPSA) is 79.8 Å². The van der Waals surface area contributed by atoms with Crippen molar-refractivity contribution in [2.24, 2.45) is 5.10 Å². The molecule has 0 bridgehead atoms. The minimum atomic E-state index is -0.416. The Morgan fingerprint density at radius 2 is 1.78 bits per heavy atom. The fourth-order valence-electron chi connectivity index (χ4n) is 1.84. The van der Waals surface area contributed by atoms with Gasteiger partial charge in [0, 0.05) is 11.1 Å². The van der Waals surface area contributed by atoms with Crippen LogP contribution >= 0.6 is 0 Å². The Morgan fingerprint density at radius 1 is 1.09 bits per heavy atom. The molecule has 0 saturated carbocycles. The lowest BCUT2D eigenvalue weighted by molar-refractivity contribution is -0.120. The van der Waals surface area contributed by atoms with Crippen LogP contribution in [0.1, 0.15) is 15.9 Å². The van der Waals surface area contributed by atoms with Gasteiger partial charge in [0.05, 0.1) is 19.9 Å². The molecule has 23 heavy (non-hydrogen) atoms. The fourth-order valence-corrected chi connectivity index (χ4v) is 1.84. The summed E-state index contributed by atoms with van der Waals surface area (Å²) in [7, 11) is 1.56. The SMILES string of the molecule is COc1ccccc1/C=N\NC(=O)CNC(=O)c1ccccc1. The minimum Gasteiger partial charge on any atom is -0.496 e. The van der Waals surface area contributed by atoms with Gasteiger partial charge >= 0.3 is 0 Å². The molecule has 0 radical (unpaired) electrons. The van der Waals surface area contributed by atoms with Gasteiger partial charge in [0.25, 0.3) is 11.8 Å². The summed E-state index contributed by atoms with van der Waals surface area (Å²) in [6, 6.07) is 16.0. The fraction of sp³-hybridized carbons (Fsp3) is 0.118. The quantitative estimate of drug-likeness (QED) is 0.628. The van der Waals surface area contributed by atoms with E-state index < -0.39 is 5.91 Å². The number of carbonyl (C=O) groups excluding carboxylic acids is 2. The van der Waals surface area contributed by atoms with Crippen molar-refractivity contribution in [1.29, 1.82) is 0 Å². The average Bonchev–Trinajstić information content (AvgIpc) is 2.61. The first-order valence-corrected chi connectivity index (χ1v) is 6.99. The molecule has 0 spiro atoms. The molecular weight excluding hydrogens is 294 g/mol. The summed E-state index contributed by atoms with van der Waals surface area (Å²) in [4.78, 5) is 23.4. The van der Waals surface area contributed by atoms with Crippen LogP contribution in [0.3, 0.4) is 0 Å². The average molecular weight is 311 g/mol. The Balaban J connectivity index is 1.81. The van der Waals surface area contributed by atoms with Crippen molar-refractivity contribution in [2.75, 3.05) is 13.7 Å². The van der Waals surface area contributed by atoms with E-state index >= 15 is 0 Å². The molecule has 2 N–H and O–H groups in total. The van der Waals surface area contributed by atoms with Crippen LogP contribution in [0.15, 0.2) is 59.7 Å². The molecular formula is C17H17N3O3. The van der Waals surface area contributed by atoms with E-state index in [0.717, 1.165) is 5.56 Å². The van der Waals surface area contributed by atoms with E-state index in [-0.39, 0.29) is 12.5 Å². The van der Waals surface area contributed by atoms with E-state index in [0.29, 0.717) is 11.3 Å². The minimum absolute atomic E-state index is 0.156. The van der Waals surface area contributed by atoms with E-state index in [2.05, 4.69) is 15.8 Å². The van der Waals surface area contributed by atoms with Crippen molar-refractivity contribution in [1.82, 2.24) is 10.7 Å². The molecule has 0 aliphatic heterocycles. The van der Waals surface area contributed by atoms with Gasteiger partial charge in [-0.3, -0.25) is 9.59 Å². The van der Waals surface area contributed by atoms with Gasteiger partial charge in [-0.25, -0.2) is 5.43 Å². The Kier molecular flexibility index (Phi) is 5.88. The first-order chi connectivity index (χ1) is 11.2. The van der Waals surface area contributed by atoms with Gasteiger partial charge in [-0.05, 0) is 24.3 Å². The van der Waals surface area contributed by atoms with Crippen LogP contribution in [-0.2, 0) is 4.79 Å². The normalized spacial score (nSPS) is 10.3. The predicted octanol–water partition coefficient (Wildman–Crippen LogP) is 1.58. The number of rotatable bonds is 6. The monoisotopic (exact) mass is 311 g/mol. The Bertz CT molecular complexity index is 699. The van der Waals surface area contributed by atoms with Crippen LogP contribution < -0.4 is 15.5 Å². The molecule has 0 saturated heterocycles. The second-order valence-corrected chi connectivity index (χ2v) is 4.58. The number of hydrogen-bond donors (Lipinski definition) is 2. The zero-order chi connectivity index (χ0) is 16.5. The molecule has 6 heteroatoms. The van der Waals surface area contributed by atoms with Gasteiger partial charge in [0.2, 0.25) is 0 Å². The van der Waals surface area contributed by atoms with Gasteiger partial charge in [-0.2, -0.15) is 5.10 Å². The maximum absolute atomic E-state index is 11.8. The van der Waals surface area contributed by atoms with E-state index in [1.54, 1.807) is 37.4 Å². The lowest BCUT2D eigenvalue weighted by Crippen LogP contribution is -2.34. The van der Waals surface area contributed by atoms with Crippen molar-refractivity contribution < 1.29 is 14.3 Å². The van der Waals surface area contributed by atoms with Gasteiger partial charge in [-0.15, -0.1) is 0 Å². The summed E-state index contributed by atoms with van der Waals surface area (Å²) < 4.78 is 5.17. The molecule has 0 aliphatic carbocycles. The number of hydrogen-bond acceptors (Lipinski definition) is 4. The first-order valence-electron chi connectivity index (χ1n) is 6.99. The van der Waals surface area contributed by atoms with E-state index in [4.69, 9.17) is 4.74 Å². The van der Waals surface area contributed by atoms with Crippen molar-refractivity contribution in [2.45, 2.75) is 0 Å². The number of amides is 2. The highest BCUT2D eigenvalue weighted by molar-refractivity contribution is 5.96. The molecule has 2 rings (SSSR count). The van der Waals surface area contributed by atoms with Crippen LogP contribution in [-0.4, -0.2) is 31.7 Å². The largest absolute Gasteiger partial charge is 0.496 e. The smallest absolute Gasteiger partial charge is 0.259 e. The highest BCUT2D eigenvalue weighted by Crippen LogP contribution is 2.14. The summed E-state index contributed by atoms with van der Waals surface area (Å²) >= 11 is 0. The number of methoxy groups -OCH3 is 1. The highest BCUT2D eigenvalue weighted by Gasteiger charge is 2.06. The molecule has 0 atom stereocenters. The molecule has 0 unspecified atom stereocenters. The van der Waals surface area contributed by atoms with E-state index in [1.807, 2.05) is 24.3 Å². The van der Waals surface area contributed by atoms with Gasteiger partial charge in [0.1, 0.15) is 5.75 Å². The third-order valence-electron chi connectivity index (χ3n) is 2.98. The Hall–Kier alpha value is -3.15. The number of nitrogens with one attached hydrogen (secondary N) is 2. The van der Waals surface area contributed by atoms with Crippen molar-refractivity contribution in [3.05, 3.63) is 65.7 Å². The second-order valence-electron chi connectivity index (χ2n) is 4.58. The van der Waals surface area contributed by atoms with Gasteiger partial charge in [0.15, 0.2) is 0 Å². The number of benzene rings is 2. The summed E-state index contributed by atoms with van der Waals surface area (Å²) in [6.45, 7) is -0.156. The zero-order valence-corrected chi connectivity index (χ0v) is 12.7. The third kappa shape index (κ3) is 4.96. The van der Waals surface area contributed by atoms with E-state index in [9.17, 15) is 9.59 Å². The first kappa shape index (κ1) is 16.2. The molecule has 0 heterocycles. The van der Waals surface area contributed by atoms with E-state index in [1.165, 1.54) is 6.21 Å². The Morgan fingerprint density at radius 3 is 2.52 bits per heavy atom. The van der Waals surface area contributed by atoms with Crippen molar-refractivity contribution in [3.8, 4) is 5.75 Å². The molecule has 0 aliphatic rings. The standard InChI is InChI=1S/C17H17N3O3/c1-23-15-10-6-5-9-14(15)11-19-20-16(21)12-18-17(22)13-7-3-2-4-8-13/h2-11H,12H2,1H3,(H,18,22)(H,20,21)/b19-11-. The molecule has 2 amide bonds. The molecule has 0 aromatic heterocycles. The summed E-state index contributed by atoms with van der Waals surface area (Å²) in [5.74, 6) is -0.0715. The van der Waals surface area contributed by atoms with Crippen LogP contribution in [0.5, 0.6) is 5.75 Å². The van der Waals surface area contributed by atoms with Crippen LogP contribution in [0, 0.1) is 0 Å². The number of hydrazone groups is 1. The number of para-hydroxylation sites is 1. The van der Waals surface area contributed by atoms with Crippen LogP contribution in [0.2, 0.25) is 0 Å². The predicted molar refractivity (Wildman–Crippen MR) is 87.5 cm³/mol. The molecule has 2 aromatic rings. The third-order valence-corrected chi connectivity index (χ3v) is 2.98. The number of ether oxygens (including phenoxy) is 1. The van der Waals surface area contributed by atoms with Gasteiger partial charge < -0.3 is 10.1 Å². The highest BCUT2D eigenvalue weighted by atomic mass is 16.5. The van der Waals surface area contributed by atoms with Crippen LogP contribution in [0.25, 0.3) is 0 Å². The molecule has 6 nitrogen and oxygen atoms in total. The maximum Gasteiger partial charge on any atom is 0.259 e.